The summed E-state index contributed by atoms with van der Waals surface area (Å²) in [7, 11) is 0. The van der Waals surface area contributed by atoms with Gasteiger partial charge in [-0.25, -0.2) is 0 Å². The van der Waals surface area contributed by atoms with Crippen LogP contribution >= 0.6 is 0 Å². The molecule has 0 saturated carbocycles. The van der Waals surface area contributed by atoms with E-state index in [1.54, 1.807) is 0 Å². The number of fused-ring (bicyclic) bond motifs is 1. The van der Waals surface area contributed by atoms with Gasteiger partial charge in [-0.05, 0) is 24.5 Å². The van der Waals surface area contributed by atoms with E-state index in [1.807, 2.05) is 18.3 Å². The van der Waals surface area contributed by atoms with Crippen LogP contribution in [0.25, 0.3) is 11.0 Å². The average molecular weight is 393 g/mol. The second-order valence-corrected chi connectivity index (χ2v) is 7.85. The predicted molar refractivity (Wildman–Crippen MR) is 118 cm³/mol. The van der Waals surface area contributed by atoms with Gasteiger partial charge in [0.15, 0.2) is 5.82 Å². The van der Waals surface area contributed by atoms with Crippen LogP contribution in [0.15, 0.2) is 41.6 Å². The maximum Gasteiger partial charge on any atom is 0.229 e. The number of benzene rings is 1. The van der Waals surface area contributed by atoms with Crippen molar-refractivity contribution in [3.05, 3.63) is 47.7 Å². The third kappa shape index (κ3) is 4.56. The van der Waals surface area contributed by atoms with E-state index in [2.05, 4.69) is 65.2 Å². The van der Waals surface area contributed by atoms with E-state index in [4.69, 9.17) is 14.7 Å². The Morgan fingerprint density at radius 3 is 2.62 bits per heavy atom. The first-order valence-electron chi connectivity index (χ1n) is 10.2. The fraction of sp³-hybridized carbons (Fsp3) is 0.409. The fourth-order valence-corrected chi connectivity index (χ4v) is 3.40. The van der Waals surface area contributed by atoms with E-state index >= 15 is 0 Å². The van der Waals surface area contributed by atoms with E-state index in [9.17, 15) is 0 Å². The van der Waals surface area contributed by atoms with E-state index in [0.29, 0.717) is 19.1 Å². The monoisotopic (exact) mass is 392 g/mol. The number of nitrogens with one attached hydrogen (secondary N) is 1. The Bertz CT molecular complexity index is 986. The smallest absolute Gasteiger partial charge is 0.229 e. The first kappa shape index (κ1) is 19.4. The number of aryl methyl sites for hydroxylation is 1. The van der Waals surface area contributed by atoms with E-state index < -0.39 is 0 Å². The molecule has 0 bridgehead atoms. The third-order valence-electron chi connectivity index (χ3n) is 4.92. The summed E-state index contributed by atoms with van der Waals surface area (Å²) in [6.07, 6.45) is 3.89. The van der Waals surface area contributed by atoms with Crippen molar-refractivity contribution >= 4 is 29.0 Å². The lowest BCUT2D eigenvalue weighted by Crippen LogP contribution is -2.37. The average Bonchev–Trinajstić information content (AvgIpc) is 3.12. The van der Waals surface area contributed by atoms with E-state index in [1.165, 1.54) is 5.56 Å². The molecule has 7 nitrogen and oxygen atoms in total. The number of hydrogen-bond acceptors (Lipinski definition) is 6. The second-order valence-electron chi connectivity index (χ2n) is 7.85. The van der Waals surface area contributed by atoms with Gasteiger partial charge in [0, 0.05) is 25.8 Å². The zero-order chi connectivity index (χ0) is 20.2. The van der Waals surface area contributed by atoms with Crippen LogP contribution in [0.4, 0.5) is 11.8 Å². The molecular weight excluding hydrogens is 364 g/mol. The quantitative estimate of drug-likeness (QED) is 0.512. The van der Waals surface area contributed by atoms with Crippen molar-refractivity contribution < 1.29 is 4.74 Å². The van der Waals surface area contributed by atoms with E-state index in [-0.39, 0.29) is 0 Å². The molecule has 2 aromatic heterocycles. The van der Waals surface area contributed by atoms with Gasteiger partial charge in [-0.3, -0.25) is 5.43 Å². The Hall–Kier alpha value is -2.93. The summed E-state index contributed by atoms with van der Waals surface area (Å²) in [4.78, 5) is 11.8. The highest BCUT2D eigenvalue weighted by atomic mass is 16.5. The van der Waals surface area contributed by atoms with Gasteiger partial charge in [-0.1, -0.05) is 43.7 Å². The summed E-state index contributed by atoms with van der Waals surface area (Å²) in [6.45, 7) is 10.4. The van der Waals surface area contributed by atoms with Crippen molar-refractivity contribution in [1.82, 2.24) is 14.5 Å². The number of rotatable bonds is 6. The van der Waals surface area contributed by atoms with Gasteiger partial charge in [0.05, 0.1) is 24.8 Å². The van der Waals surface area contributed by atoms with Gasteiger partial charge >= 0.3 is 0 Å². The number of nitrogens with zero attached hydrogens (tertiary/aromatic N) is 5. The summed E-state index contributed by atoms with van der Waals surface area (Å²) in [5, 5.41) is 5.41. The zero-order valence-electron chi connectivity index (χ0n) is 17.3. The molecule has 29 heavy (non-hydrogen) atoms. The summed E-state index contributed by atoms with van der Waals surface area (Å²) in [5.74, 6) is 1.98. The Morgan fingerprint density at radius 1 is 1.14 bits per heavy atom. The topological polar surface area (TPSA) is 67.6 Å². The zero-order valence-corrected chi connectivity index (χ0v) is 17.3. The molecule has 7 heteroatoms. The third-order valence-corrected chi connectivity index (χ3v) is 4.92. The molecule has 1 aromatic carbocycles. The normalized spacial score (nSPS) is 15.0. The predicted octanol–water partition coefficient (Wildman–Crippen LogP) is 3.68. The second kappa shape index (κ2) is 8.61. The summed E-state index contributed by atoms with van der Waals surface area (Å²) >= 11 is 0. The Kier molecular flexibility index (Phi) is 5.76. The largest absolute Gasteiger partial charge is 0.378 e. The number of aromatic nitrogens is 3. The molecule has 3 aromatic rings. The van der Waals surface area contributed by atoms with Crippen LogP contribution in [0.1, 0.15) is 25.0 Å². The molecule has 0 atom stereocenters. The summed E-state index contributed by atoms with van der Waals surface area (Å²) < 4.78 is 7.68. The van der Waals surface area contributed by atoms with Crippen LogP contribution in [-0.4, -0.2) is 47.1 Å². The van der Waals surface area contributed by atoms with Gasteiger partial charge in [-0.15, -0.1) is 0 Å². The number of ether oxygens (including phenoxy) is 1. The molecule has 1 aliphatic heterocycles. The molecule has 0 aliphatic carbocycles. The standard InChI is InChI=1S/C22H28N6O/c1-16(2)15-28-9-8-19-20(26-23-14-18-6-4-17(3)5-7-18)24-22(25-21(19)28)27-10-12-29-13-11-27/h4-9,14,16H,10-13,15H2,1-3H3,(H,24,25,26)/b23-14+. The number of anilines is 2. The molecule has 0 radical (unpaired) electrons. The molecule has 1 N–H and O–H groups in total. The summed E-state index contributed by atoms with van der Waals surface area (Å²) in [5.41, 5.74) is 6.35. The van der Waals surface area contributed by atoms with Crippen molar-refractivity contribution in [2.45, 2.75) is 27.3 Å². The molecule has 0 unspecified atom stereocenters. The lowest BCUT2D eigenvalue weighted by Gasteiger charge is -2.27. The van der Waals surface area contributed by atoms with Crippen LogP contribution in [0.5, 0.6) is 0 Å². The fourth-order valence-electron chi connectivity index (χ4n) is 3.40. The van der Waals surface area contributed by atoms with Crippen LogP contribution in [0.2, 0.25) is 0 Å². The molecule has 3 heterocycles. The van der Waals surface area contributed by atoms with Crippen molar-refractivity contribution in [2.75, 3.05) is 36.6 Å². The summed E-state index contributed by atoms with van der Waals surface area (Å²) in [6, 6.07) is 10.3. The van der Waals surface area contributed by atoms with Crippen molar-refractivity contribution in [3.8, 4) is 0 Å². The van der Waals surface area contributed by atoms with Gasteiger partial charge in [0.1, 0.15) is 5.65 Å². The lowest BCUT2D eigenvalue weighted by molar-refractivity contribution is 0.122. The van der Waals surface area contributed by atoms with Gasteiger partial charge in [0.25, 0.3) is 0 Å². The van der Waals surface area contributed by atoms with Gasteiger partial charge < -0.3 is 14.2 Å². The first-order chi connectivity index (χ1) is 14.1. The maximum absolute atomic E-state index is 5.48. The Balaban J connectivity index is 1.66. The molecule has 0 spiro atoms. The molecule has 0 amide bonds. The Labute approximate surface area is 171 Å². The minimum atomic E-state index is 0.531. The van der Waals surface area contributed by atoms with Crippen LogP contribution in [0.3, 0.4) is 0 Å². The minimum Gasteiger partial charge on any atom is -0.378 e. The highest BCUT2D eigenvalue weighted by molar-refractivity contribution is 5.89. The molecule has 152 valence electrons. The van der Waals surface area contributed by atoms with Crippen molar-refractivity contribution in [2.24, 2.45) is 11.0 Å². The highest BCUT2D eigenvalue weighted by Gasteiger charge is 2.18. The maximum atomic E-state index is 5.48. The van der Waals surface area contributed by atoms with Crippen molar-refractivity contribution in [1.29, 1.82) is 0 Å². The van der Waals surface area contributed by atoms with Crippen LogP contribution in [0, 0.1) is 12.8 Å². The molecule has 4 rings (SSSR count). The molecule has 1 fully saturated rings. The molecule has 1 aliphatic rings. The van der Waals surface area contributed by atoms with Gasteiger partial charge in [-0.2, -0.15) is 15.1 Å². The number of hydrogen-bond donors (Lipinski definition) is 1. The molecular formula is C22H28N6O. The lowest BCUT2D eigenvalue weighted by atomic mass is 10.2. The SMILES string of the molecule is Cc1ccc(/C=N/Nc2nc(N3CCOCC3)nc3c2ccn3CC(C)C)cc1. The minimum absolute atomic E-state index is 0.531. The number of morpholine rings is 1. The van der Waals surface area contributed by atoms with Gasteiger partial charge in [0.2, 0.25) is 5.95 Å². The molecule has 1 saturated heterocycles. The van der Waals surface area contributed by atoms with E-state index in [0.717, 1.165) is 48.0 Å². The van der Waals surface area contributed by atoms with Crippen LogP contribution in [-0.2, 0) is 11.3 Å². The first-order valence-corrected chi connectivity index (χ1v) is 10.2. The number of hydrazone groups is 1. The highest BCUT2D eigenvalue weighted by Crippen LogP contribution is 2.26. The van der Waals surface area contributed by atoms with Crippen LogP contribution < -0.4 is 10.3 Å². The van der Waals surface area contributed by atoms with Crippen molar-refractivity contribution in [3.63, 3.8) is 0 Å². The Morgan fingerprint density at radius 2 is 1.90 bits per heavy atom.